The van der Waals surface area contributed by atoms with E-state index in [0.717, 1.165) is 44.4 Å². The predicted octanol–water partition coefficient (Wildman–Crippen LogP) is 5.74. The lowest BCUT2D eigenvalue weighted by atomic mass is 10.0. The second-order valence-electron chi connectivity index (χ2n) is 9.00. The summed E-state index contributed by atoms with van der Waals surface area (Å²) in [6.45, 7) is 9.24. The molecule has 0 aliphatic carbocycles. The number of nitrogens with two attached hydrogens (primary N) is 1. The molecule has 1 aromatic heterocycles. The number of rotatable bonds is 9. The summed E-state index contributed by atoms with van der Waals surface area (Å²) in [4.78, 5) is 12.1. The molecule has 0 radical (unpaired) electrons. The quantitative estimate of drug-likeness (QED) is 0.315. The molecule has 0 saturated carbocycles. The van der Waals surface area contributed by atoms with Crippen LogP contribution in [0.3, 0.4) is 0 Å². The molecule has 2 N–H and O–H groups in total. The number of nitrogens with zero attached hydrogens (tertiary/aromatic N) is 2. The first-order chi connectivity index (χ1) is 16.9. The predicted molar refractivity (Wildman–Crippen MR) is 139 cm³/mol. The molecule has 3 aromatic carbocycles. The highest BCUT2D eigenvalue weighted by Crippen LogP contribution is 2.30. The van der Waals surface area contributed by atoms with Gasteiger partial charge in [-0.15, -0.1) is 0 Å². The van der Waals surface area contributed by atoms with Crippen molar-refractivity contribution in [1.29, 1.82) is 0 Å². The molecule has 0 saturated heterocycles. The molecular weight excluding hydrogens is 438 g/mol. The lowest BCUT2D eigenvalue weighted by molar-refractivity contribution is -0.142. The van der Waals surface area contributed by atoms with Crippen LogP contribution in [0, 0.1) is 6.92 Å². The first-order valence-corrected chi connectivity index (χ1v) is 12.1. The van der Waals surface area contributed by atoms with Crippen molar-refractivity contribution in [3.8, 4) is 16.9 Å². The Kier molecular flexibility index (Phi) is 7.51. The maximum atomic E-state index is 12.1. The molecule has 6 nitrogen and oxygen atoms in total. The van der Waals surface area contributed by atoms with Gasteiger partial charge in [-0.1, -0.05) is 36.4 Å². The van der Waals surface area contributed by atoms with Crippen LogP contribution < -0.4 is 10.5 Å². The maximum absolute atomic E-state index is 12.1. The van der Waals surface area contributed by atoms with E-state index in [1.165, 1.54) is 0 Å². The molecule has 1 heterocycles. The van der Waals surface area contributed by atoms with E-state index in [9.17, 15) is 4.79 Å². The Morgan fingerprint density at radius 1 is 1.06 bits per heavy atom. The molecule has 0 atom stereocenters. The van der Waals surface area contributed by atoms with E-state index in [0.29, 0.717) is 25.5 Å². The van der Waals surface area contributed by atoms with Crippen molar-refractivity contribution in [2.24, 2.45) is 5.73 Å². The number of aryl methyl sites for hydroxylation is 1. The maximum Gasteiger partial charge on any atom is 0.310 e. The summed E-state index contributed by atoms with van der Waals surface area (Å²) in [7, 11) is 0. The van der Waals surface area contributed by atoms with E-state index in [4.69, 9.17) is 20.3 Å². The van der Waals surface area contributed by atoms with Crippen LogP contribution in [0.25, 0.3) is 22.0 Å². The topological polar surface area (TPSA) is 79.4 Å². The Morgan fingerprint density at radius 2 is 1.86 bits per heavy atom. The molecular formula is C29H33N3O3. The summed E-state index contributed by atoms with van der Waals surface area (Å²) >= 11 is 0. The first kappa shape index (κ1) is 24.5. The summed E-state index contributed by atoms with van der Waals surface area (Å²) in [5.41, 5.74) is 13.0. The van der Waals surface area contributed by atoms with Gasteiger partial charge in [0, 0.05) is 23.5 Å². The molecule has 0 spiro atoms. The van der Waals surface area contributed by atoms with Gasteiger partial charge in [0.25, 0.3) is 0 Å². The van der Waals surface area contributed by atoms with E-state index in [-0.39, 0.29) is 18.4 Å². The molecule has 0 amide bonds. The standard InChI is InChI=1S/C29H33N3O3/c1-5-34-29(33)16-24-10-9-20(4)13-28(24)35-18-27-25-15-23(22-8-6-7-21(14-22)17-30)11-12-26(25)31-32(27)19(2)3/h6-15,19H,5,16-18,30H2,1-4H3. The van der Waals surface area contributed by atoms with Crippen LogP contribution in [-0.4, -0.2) is 22.4 Å². The Bertz CT molecular complexity index is 1340. The Labute approximate surface area is 206 Å². The number of aromatic nitrogens is 2. The van der Waals surface area contributed by atoms with Crippen LogP contribution in [0.15, 0.2) is 60.7 Å². The third-order valence-electron chi connectivity index (χ3n) is 6.01. The normalized spacial score (nSPS) is 11.3. The van der Waals surface area contributed by atoms with Crippen molar-refractivity contribution in [2.75, 3.05) is 6.61 Å². The lowest BCUT2D eigenvalue weighted by Crippen LogP contribution is -2.12. The van der Waals surface area contributed by atoms with Crippen molar-refractivity contribution in [2.45, 2.75) is 53.3 Å². The van der Waals surface area contributed by atoms with Crippen molar-refractivity contribution in [1.82, 2.24) is 9.78 Å². The highest BCUT2D eigenvalue weighted by molar-refractivity contribution is 5.87. The van der Waals surface area contributed by atoms with Crippen molar-refractivity contribution >= 4 is 16.9 Å². The Balaban J connectivity index is 1.70. The van der Waals surface area contributed by atoms with E-state index in [1.54, 1.807) is 0 Å². The minimum Gasteiger partial charge on any atom is -0.487 e. The molecule has 4 aromatic rings. The minimum absolute atomic E-state index is 0.168. The molecule has 0 aliphatic heterocycles. The monoisotopic (exact) mass is 471 g/mol. The molecule has 0 aliphatic rings. The third kappa shape index (κ3) is 5.54. The highest BCUT2D eigenvalue weighted by Gasteiger charge is 2.17. The third-order valence-corrected chi connectivity index (χ3v) is 6.01. The van der Waals surface area contributed by atoms with Crippen LogP contribution in [-0.2, 0) is 29.1 Å². The van der Waals surface area contributed by atoms with Gasteiger partial charge in [-0.3, -0.25) is 9.48 Å². The summed E-state index contributed by atoms with van der Waals surface area (Å²) in [6, 6.07) is 20.7. The van der Waals surface area contributed by atoms with Gasteiger partial charge in [0.1, 0.15) is 12.4 Å². The van der Waals surface area contributed by atoms with Crippen molar-refractivity contribution in [3.05, 3.63) is 83.0 Å². The first-order valence-electron chi connectivity index (χ1n) is 12.1. The summed E-state index contributed by atoms with van der Waals surface area (Å²) in [5, 5.41) is 5.90. The van der Waals surface area contributed by atoms with Crippen LogP contribution in [0.2, 0.25) is 0 Å². The Hall–Kier alpha value is -3.64. The minimum atomic E-state index is -0.261. The smallest absolute Gasteiger partial charge is 0.310 e. The number of hydrogen-bond donors (Lipinski definition) is 1. The van der Waals surface area contributed by atoms with Gasteiger partial charge in [0.15, 0.2) is 0 Å². The van der Waals surface area contributed by atoms with Crippen LogP contribution in [0.5, 0.6) is 5.75 Å². The number of fused-ring (bicyclic) bond motifs is 1. The number of benzene rings is 3. The van der Waals surface area contributed by atoms with Gasteiger partial charge in [-0.05, 0) is 74.2 Å². The molecule has 4 rings (SSSR count). The zero-order valence-corrected chi connectivity index (χ0v) is 20.9. The van der Waals surface area contributed by atoms with E-state index in [1.807, 2.05) is 48.9 Å². The number of ether oxygens (including phenoxy) is 2. The molecule has 0 unspecified atom stereocenters. The summed E-state index contributed by atoms with van der Waals surface area (Å²) in [5.74, 6) is 0.428. The lowest BCUT2D eigenvalue weighted by Gasteiger charge is -2.15. The molecule has 0 fully saturated rings. The summed E-state index contributed by atoms with van der Waals surface area (Å²) in [6.07, 6.45) is 0.176. The fourth-order valence-electron chi connectivity index (χ4n) is 4.24. The average molecular weight is 472 g/mol. The summed E-state index contributed by atoms with van der Waals surface area (Å²) < 4.78 is 13.5. The van der Waals surface area contributed by atoms with E-state index >= 15 is 0 Å². The largest absolute Gasteiger partial charge is 0.487 e. The fraction of sp³-hybridized carbons (Fsp3) is 0.310. The van der Waals surface area contributed by atoms with Crippen molar-refractivity contribution < 1.29 is 14.3 Å². The highest BCUT2D eigenvalue weighted by atomic mass is 16.5. The molecule has 35 heavy (non-hydrogen) atoms. The fourth-order valence-corrected chi connectivity index (χ4v) is 4.24. The van der Waals surface area contributed by atoms with Gasteiger partial charge >= 0.3 is 5.97 Å². The number of carbonyl (C=O) groups excluding carboxylic acids is 1. The van der Waals surface area contributed by atoms with Crippen LogP contribution in [0.1, 0.15) is 49.2 Å². The number of esters is 1. The molecule has 0 bridgehead atoms. The van der Waals surface area contributed by atoms with Crippen LogP contribution >= 0.6 is 0 Å². The zero-order chi connectivity index (χ0) is 24.9. The van der Waals surface area contributed by atoms with Gasteiger partial charge < -0.3 is 15.2 Å². The van der Waals surface area contributed by atoms with Gasteiger partial charge in [-0.25, -0.2) is 0 Å². The second kappa shape index (κ2) is 10.7. The van der Waals surface area contributed by atoms with E-state index < -0.39 is 0 Å². The van der Waals surface area contributed by atoms with Gasteiger partial charge in [0.2, 0.25) is 0 Å². The second-order valence-corrected chi connectivity index (χ2v) is 9.00. The number of carbonyl (C=O) groups is 1. The van der Waals surface area contributed by atoms with Crippen LogP contribution in [0.4, 0.5) is 0 Å². The molecule has 182 valence electrons. The zero-order valence-electron chi connectivity index (χ0n) is 20.9. The molecule has 6 heteroatoms. The average Bonchev–Trinajstić information content (AvgIpc) is 3.22. The van der Waals surface area contributed by atoms with Crippen molar-refractivity contribution in [3.63, 3.8) is 0 Å². The Morgan fingerprint density at radius 3 is 2.60 bits per heavy atom. The SMILES string of the molecule is CCOC(=O)Cc1ccc(C)cc1OCc1c2cc(-c3cccc(CN)c3)ccc2nn1C(C)C. The van der Waals surface area contributed by atoms with Gasteiger partial charge in [-0.2, -0.15) is 5.10 Å². The number of hydrogen-bond acceptors (Lipinski definition) is 5. The van der Waals surface area contributed by atoms with E-state index in [2.05, 4.69) is 44.2 Å². The van der Waals surface area contributed by atoms with Gasteiger partial charge in [0.05, 0.1) is 24.2 Å².